The Morgan fingerprint density at radius 1 is 1.33 bits per heavy atom. The van der Waals surface area contributed by atoms with Crippen LogP contribution >= 0.6 is 0 Å². The fraction of sp³-hybridized carbons (Fsp3) is 0.583. The molecule has 84 valence electrons. The third kappa shape index (κ3) is 3.88. The number of ether oxygens (including phenoxy) is 1. The van der Waals surface area contributed by atoms with E-state index in [0.717, 1.165) is 36.4 Å². The van der Waals surface area contributed by atoms with E-state index >= 15 is 0 Å². The van der Waals surface area contributed by atoms with Crippen LogP contribution in [-0.4, -0.2) is 23.3 Å². The van der Waals surface area contributed by atoms with Crippen LogP contribution in [0.4, 0.5) is 0 Å². The van der Waals surface area contributed by atoms with Gasteiger partial charge in [-0.25, -0.2) is 0 Å². The Kier molecular flexibility index (Phi) is 5.12. The molecule has 0 amide bonds. The summed E-state index contributed by atoms with van der Waals surface area (Å²) in [5.41, 5.74) is 2.04. The van der Waals surface area contributed by atoms with E-state index in [-0.39, 0.29) is 6.61 Å². The molecule has 15 heavy (non-hydrogen) atoms. The minimum absolute atomic E-state index is 0.232. The van der Waals surface area contributed by atoms with Gasteiger partial charge < -0.3 is 9.84 Å². The standard InChI is InChI=1S/C12H19NO2/c1-3-11-12(7-6-10(2)13-11)15-9-5-4-8-14/h6-7,14H,3-5,8-9H2,1-2H3. The first-order valence-electron chi connectivity index (χ1n) is 5.48. The smallest absolute Gasteiger partial charge is 0.140 e. The second kappa shape index (κ2) is 6.40. The molecule has 1 aromatic heterocycles. The van der Waals surface area contributed by atoms with Crippen molar-refractivity contribution in [2.75, 3.05) is 13.2 Å². The molecule has 0 aromatic carbocycles. The van der Waals surface area contributed by atoms with E-state index in [4.69, 9.17) is 9.84 Å². The van der Waals surface area contributed by atoms with Gasteiger partial charge in [0.15, 0.2) is 0 Å². The first-order chi connectivity index (χ1) is 7.27. The third-order valence-electron chi connectivity index (χ3n) is 2.22. The highest BCUT2D eigenvalue weighted by Gasteiger charge is 2.03. The van der Waals surface area contributed by atoms with Gasteiger partial charge in [0.25, 0.3) is 0 Å². The summed E-state index contributed by atoms with van der Waals surface area (Å²) in [6.45, 7) is 4.94. The number of hydrogen-bond acceptors (Lipinski definition) is 3. The lowest BCUT2D eigenvalue weighted by Gasteiger charge is -2.09. The first kappa shape index (κ1) is 12.0. The summed E-state index contributed by atoms with van der Waals surface area (Å²) in [7, 11) is 0. The highest BCUT2D eigenvalue weighted by Crippen LogP contribution is 2.17. The van der Waals surface area contributed by atoms with E-state index in [0.29, 0.717) is 6.61 Å². The first-order valence-corrected chi connectivity index (χ1v) is 5.48. The second-order valence-electron chi connectivity index (χ2n) is 3.53. The molecule has 1 rings (SSSR count). The van der Waals surface area contributed by atoms with Gasteiger partial charge in [0.1, 0.15) is 5.75 Å². The Bertz CT molecular complexity index is 300. The van der Waals surface area contributed by atoms with Crippen LogP contribution in [0.5, 0.6) is 5.75 Å². The van der Waals surface area contributed by atoms with E-state index in [1.54, 1.807) is 0 Å². The van der Waals surface area contributed by atoms with Gasteiger partial charge in [-0.2, -0.15) is 0 Å². The molecule has 1 aromatic rings. The lowest BCUT2D eigenvalue weighted by Crippen LogP contribution is -2.02. The number of rotatable bonds is 6. The molecule has 3 heteroatoms. The maximum absolute atomic E-state index is 8.63. The Morgan fingerprint density at radius 2 is 2.13 bits per heavy atom. The highest BCUT2D eigenvalue weighted by molar-refractivity contribution is 5.29. The minimum Gasteiger partial charge on any atom is -0.492 e. The number of aliphatic hydroxyl groups excluding tert-OH is 1. The van der Waals surface area contributed by atoms with Crippen molar-refractivity contribution in [2.24, 2.45) is 0 Å². The molecule has 0 saturated carbocycles. The maximum atomic E-state index is 8.63. The van der Waals surface area contributed by atoms with Crippen LogP contribution in [0.15, 0.2) is 12.1 Å². The molecule has 0 spiro atoms. The average Bonchev–Trinajstić information content (AvgIpc) is 2.26. The summed E-state index contributed by atoms with van der Waals surface area (Å²) in [6, 6.07) is 3.93. The van der Waals surface area contributed by atoms with Crippen molar-refractivity contribution in [3.8, 4) is 5.75 Å². The molecule has 0 atom stereocenters. The van der Waals surface area contributed by atoms with Crippen LogP contribution in [0, 0.1) is 6.92 Å². The molecule has 0 bridgehead atoms. The van der Waals surface area contributed by atoms with Gasteiger partial charge in [-0.1, -0.05) is 6.92 Å². The zero-order chi connectivity index (χ0) is 11.1. The molecular weight excluding hydrogens is 190 g/mol. The molecule has 0 fully saturated rings. The fourth-order valence-corrected chi connectivity index (χ4v) is 1.38. The maximum Gasteiger partial charge on any atom is 0.140 e. The summed E-state index contributed by atoms with van der Waals surface area (Å²) in [6.07, 6.45) is 2.56. The quantitative estimate of drug-likeness (QED) is 0.730. The van der Waals surface area contributed by atoms with Gasteiger partial charge in [-0.3, -0.25) is 4.98 Å². The number of aromatic nitrogens is 1. The zero-order valence-corrected chi connectivity index (χ0v) is 9.49. The number of aliphatic hydroxyl groups is 1. The monoisotopic (exact) mass is 209 g/mol. The number of hydrogen-bond donors (Lipinski definition) is 1. The second-order valence-corrected chi connectivity index (χ2v) is 3.53. The predicted molar refractivity (Wildman–Crippen MR) is 60.2 cm³/mol. The van der Waals surface area contributed by atoms with Crippen LogP contribution in [0.3, 0.4) is 0 Å². The van der Waals surface area contributed by atoms with Gasteiger partial charge in [0.2, 0.25) is 0 Å². The zero-order valence-electron chi connectivity index (χ0n) is 9.49. The van der Waals surface area contributed by atoms with Crippen molar-refractivity contribution >= 4 is 0 Å². The van der Waals surface area contributed by atoms with Gasteiger partial charge in [-0.05, 0) is 38.3 Å². The summed E-state index contributed by atoms with van der Waals surface area (Å²) in [4.78, 5) is 4.42. The van der Waals surface area contributed by atoms with Crippen molar-refractivity contribution < 1.29 is 9.84 Å². The third-order valence-corrected chi connectivity index (χ3v) is 2.22. The van der Waals surface area contributed by atoms with Crippen molar-refractivity contribution in [2.45, 2.75) is 33.1 Å². The van der Waals surface area contributed by atoms with Crippen molar-refractivity contribution in [3.05, 3.63) is 23.5 Å². The molecule has 0 aliphatic heterocycles. The van der Waals surface area contributed by atoms with E-state index in [2.05, 4.69) is 11.9 Å². The van der Waals surface area contributed by atoms with E-state index in [1.807, 2.05) is 19.1 Å². The van der Waals surface area contributed by atoms with Gasteiger partial charge in [0.05, 0.1) is 12.3 Å². The summed E-state index contributed by atoms with van der Waals surface area (Å²) in [5.74, 6) is 0.876. The Balaban J connectivity index is 2.52. The van der Waals surface area contributed by atoms with E-state index in [1.165, 1.54) is 0 Å². The van der Waals surface area contributed by atoms with Crippen LogP contribution < -0.4 is 4.74 Å². The molecule has 1 heterocycles. The molecular formula is C12H19NO2. The van der Waals surface area contributed by atoms with Crippen molar-refractivity contribution in [1.29, 1.82) is 0 Å². The molecule has 0 aliphatic carbocycles. The fourth-order valence-electron chi connectivity index (χ4n) is 1.38. The largest absolute Gasteiger partial charge is 0.492 e. The van der Waals surface area contributed by atoms with Crippen LogP contribution in [0.2, 0.25) is 0 Å². The number of unbranched alkanes of at least 4 members (excludes halogenated alkanes) is 1. The molecule has 1 N–H and O–H groups in total. The van der Waals surface area contributed by atoms with E-state index in [9.17, 15) is 0 Å². The molecule has 0 radical (unpaired) electrons. The number of aryl methyl sites for hydroxylation is 2. The van der Waals surface area contributed by atoms with Gasteiger partial charge in [-0.15, -0.1) is 0 Å². The van der Waals surface area contributed by atoms with Crippen LogP contribution in [0.1, 0.15) is 31.2 Å². The number of nitrogens with zero attached hydrogens (tertiary/aromatic N) is 1. The van der Waals surface area contributed by atoms with Crippen LogP contribution in [-0.2, 0) is 6.42 Å². The van der Waals surface area contributed by atoms with Gasteiger partial charge in [0, 0.05) is 12.3 Å². The SMILES string of the molecule is CCc1nc(C)ccc1OCCCCO. The van der Waals surface area contributed by atoms with Crippen molar-refractivity contribution in [1.82, 2.24) is 4.98 Å². The topological polar surface area (TPSA) is 42.4 Å². The number of pyridine rings is 1. The molecule has 0 aliphatic rings. The summed E-state index contributed by atoms with van der Waals surface area (Å²) >= 11 is 0. The summed E-state index contributed by atoms with van der Waals surface area (Å²) < 4.78 is 5.61. The lowest BCUT2D eigenvalue weighted by molar-refractivity contribution is 0.251. The normalized spacial score (nSPS) is 10.3. The highest BCUT2D eigenvalue weighted by atomic mass is 16.5. The van der Waals surface area contributed by atoms with Gasteiger partial charge >= 0.3 is 0 Å². The van der Waals surface area contributed by atoms with Crippen molar-refractivity contribution in [3.63, 3.8) is 0 Å². The predicted octanol–water partition coefficient (Wildman–Crippen LogP) is 2.10. The molecule has 0 unspecified atom stereocenters. The Labute approximate surface area is 91.1 Å². The summed E-state index contributed by atoms with van der Waals surface area (Å²) in [5, 5.41) is 8.63. The minimum atomic E-state index is 0.232. The average molecular weight is 209 g/mol. The Hall–Kier alpha value is -1.09. The Morgan fingerprint density at radius 3 is 2.80 bits per heavy atom. The lowest BCUT2D eigenvalue weighted by atomic mass is 10.2. The van der Waals surface area contributed by atoms with E-state index < -0.39 is 0 Å². The molecule has 0 saturated heterocycles. The molecule has 3 nitrogen and oxygen atoms in total. The van der Waals surface area contributed by atoms with Crippen LogP contribution in [0.25, 0.3) is 0 Å².